The summed E-state index contributed by atoms with van der Waals surface area (Å²) in [5, 5.41) is 3.03. The van der Waals surface area contributed by atoms with Crippen LogP contribution in [0.25, 0.3) is 0 Å². The minimum Gasteiger partial charge on any atom is -0.388 e. The van der Waals surface area contributed by atoms with Gasteiger partial charge in [0, 0.05) is 12.7 Å². The number of hydrogen-bond donors (Lipinski definition) is 2. The van der Waals surface area contributed by atoms with Crippen molar-refractivity contribution in [1.29, 1.82) is 0 Å². The first-order valence-electron chi connectivity index (χ1n) is 10.8. The van der Waals surface area contributed by atoms with Crippen molar-refractivity contribution >= 4 is 15.8 Å². The van der Waals surface area contributed by atoms with E-state index in [9.17, 15) is 8.42 Å². The fourth-order valence-corrected chi connectivity index (χ4v) is 4.55. The number of para-hydroxylation sites is 1. The van der Waals surface area contributed by atoms with E-state index in [1.807, 2.05) is 43.4 Å². The van der Waals surface area contributed by atoms with E-state index in [0.717, 1.165) is 23.6 Å². The molecule has 0 aliphatic rings. The molecule has 3 unspecified atom stereocenters. The zero-order chi connectivity index (χ0) is 22.7. The van der Waals surface area contributed by atoms with E-state index in [0.29, 0.717) is 11.8 Å². The number of hydrogen-bond acceptors (Lipinski definition) is 3. The van der Waals surface area contributed by atoms with Crippen LogP contribution in [0.3, 0.4) is 0 Å². The van der Waals surface area contributed by atoms with Crippen molar-refractivity contribution in [2.24, 2.45) is 17.8 Å². The molecule has 0 saturated heterocycles. The molecule has 0 radical (unpaired) electrons. The number of anilines is 1. The van der Waals surface area contributed by atoms with E-state index in [1.54, 1.807) is 12.1 Å². The molecule has 2 rings (SSSR count). The summed E-state index contributed by atoms with van der Waals surface area (Å²) in [6, 6.07) is 16.7. The second-order valence-electron chi connectivity index (χ2n) is 8.88. The lowest BCUT2D eigenvalue weighted by Crippen LogP contribution is -2.09. The van der Waals surface area contributed by atoms with Crippen LogP contribution in [-0.4, -0.2) is 20.0 Å². The third-order valence-electron chi connectivity index (χ3n) is 5.22. The summed E-state index contributed by atoms with van der Waals surface area (Å²) in [5.74, 6) is 2.32. The molecule has 0 bridgehead atoms. The third kappa shape index (κ3) is 10.3. The van der Waals surface area contributed by atoms with Gasteiger partial charge in [-0.3, -0.25) is 4.55 Å². The summed E-state index contributed by atoms with van der Waals surface area (Å²) in [4.78, 5) is -0.0160. The normalized spacial score (nSPS) is 14.4. The Hall–Kier alpha value is -1.85. The molecular formula is C25H39NO3S. The van der Waals surface area contributed by atoms with Crippen molar-refractivity contribution in [1.82, 2.24) is 0 Å². The van der Waals surface area contributed by atoms with Crippen LogP contribution < -0.4 is 5.32 Å². The molecule has 0 aromatic heterocycles. The zero-order valence-electron chi connectivity index (χ0n) is 19.3. The number of rotatable bonds is 9. The van der Waals surface area contributed by atoms with Gasteiger partial charge in [-0.15, -0.1) is 0 Å². The maximum atomic E-state index is 11.2. The average molecular weight is 434 g/mol. The molecule has 0 fully saturated rings. The molecule has 3 atom stereocenters. The van der Waals surface area contributed by atoms with Crippen LogP contribution in [0.5, 0.6) is 0 Å². The summed E-state index contributed by atoms with van der Waals surface area (Å²) in [6.07, 6.45) is 3.47. The van der Waals surface area contributed by atoms with Gasteiger partial charge in [-0.05, 0) is 72.8 Å². The van der Waals surface area contributed by atoms with Crippen LogP contribution in [0.2, 0.25) is 0 Å². The first kappa shape index (κ1) is 26.2. The molecule has 2 aromatic rings. The fourth-order valence-electron chi connectivity index (χ4n) is 4.01. The van der Waals surface area contributed by atoms with Gasteiger partial charge in [-0.2, -0.15) is 8.42 Å². The molecule has 0 aliphatic carbocycles. The lowest BCUT2D eigenvalue weighted by atomic mass is 9.84. The largest absolute Gasteiger partial charge is 0.388 e. The summed E-state index contributed by atoms with van der Waals surface area (Å²) >= 11 is 0. The molecule has 2 aromatic carbocycles. The highest BCUT2D eigenvalue weighted by molar-refractivity contribution is 7.85. The summed E-state index contributed by atoms with van der Waals surface area (Å²) in [7, 11) is -2.21. The van der Waals surface area contributed by atoms with E-state index < -0.39 is 10.1 Å². The highest BCUT2D eigenvalue weighted by atomic mass is 32.2. The summed E-state index contributed by atoms with van der Waals surface area (Å²) < 4.78 is 31.6. The van der Waals surface area contributed by atoms with Gasteiger partial charge in [0.1, 0.15) is 0 Å². The van der Waals surface area contributed by atoms with Gasteiger partial charge in [0.15, 0.2) is 0 Å². The van der Waals surface area contributed by atoms with E-state index in [1.165, 1.54) is 18.9 Å². The van der Waals surface area contributed by atoms with Gasteiger partial charge in [-0.25, -0.2) is 0 Å². The second-order valence-corrected chi connectivity index (χ2v) is 10.3. The van der Waals surface area contributed by atoms with Crippen molar-refractivity contribution in [2.45, 2.75) is 64.7 Å². The predicted molar refractivity (Wildman–Crippen MR) is 128 cm³/mol. The fraction of sp³-hybridized carbons (Fsp3) is 0.520. The molecule has 0 saturated carbocycles. The highest BCUT2D eigenvalue weighted by Crippen LogP contribution is 2.29. The van der Waals surface area contributed by atoms with Crippen molar-refractivity contribution in [2.75, 3.05) is 12.4 Å². The van der Waals surface area contributed by atoms with Crippen LogP contribution in [0.15, 0.2) is 59.5 Å². The Morgan fingerprint density at radius 2 is 1.43 bits per heavy atom. The average Bonchev–Trinajstić information content (AvgIpc) is 2.67. The van der Waals surface area contributed by atoms with Gasteiger partial charge in [0.25, 0.3) is 10.1 Å². The standard InChI is InChI=1S/C18H30O3S.C7H9N/c1-13(2)9-14(3)10-15(4)11-16(5)17-7-6-8-18(12-17)22(19,20)21;1-8-7-5-3-2-4-6-7/h6-8,12-16H,9-11H2,1-5H3,(H,19,20,21);2-6,8H,1H3. The van der Waals surface area contributed by atoms with Crippen LogP contribution in [0, 0.1) is 17.8 Å². The predicted octanol–water partition coefficient (Wildman–Crippen LogP) is 6.86. The molecule has 168 valence electrons. The van der Waals surface area contributed by atoms with Gasteiger partial charge in [0.2, 0.25) is 0 Å². The molecule has 0 spiro atoms. The molecule has 30 heavy (non-hydrogen) atoms. The van der Waals surface area contributed by atoms with Gasteiger partial charge in [-0.1, -0.05) is 65.0 Å². The van der Waals surface area contributed by atoms with E-state index >= 15 is 0 Å². The van der Waals surface area contributed by atoms with Crippen LogP contribution in [0.4, 0.5) is 5.69 Å². The Morgan fingerprint density at radius 1 is 0.833 bits per heavy atom. The van der Waals surface area contributed by atoms with Crippen molar-refractivity contribution in [3.63, 3.8) is 0 Å². The first-order chi connectivity index (χ1) is 14.0. The Balaban J connectivity index is 0.000000467. The second kappa shape index (κ2) is 12.8. The molecule has 5 heteroatoms. The molecule has 4 nitrogen and oxygen atoms in total. The van der Waals surface area contributed by atoms with E-state index in [-0.39, 0.29) is 10.8 Å². The minimum atomic E-state index is -4.12. The highest BCUT2D eigenvalue weighted by Gasteiger charge is 2.17. The Labute approximate surface area is 183 Å². The summed E-state index contributed by atoms with van der Waals surface area (Å²) in [5.41, 5.74) is 2.13. The molecule has 0 amide bonds. The van der Waals surface area contributed by atoms with Gasteiger partial charge in [0.05, 0.1) is 4.90 Å². The van der Waals surface area contributed by atoms with Gasteiger partial charge < -0.3 is 5.32 Å². The van der Waals surface area contributed by atoms with E-state index in [4.69, 9.17) is 4.55 Å². The van der Waals surface area contributed by atoms with Crippen LogP contribution >= 0.6 is 0 Å². The quantitative estimate of drug-likeness (QED) is 0.424. The van der Waals surface area contributed by atoms with Crippen LogP contribution in [0.1, 0.15) is 65.4 Å². The maximum Gasteiger partial charge on any atom is 0.294 e. The molecule has 0 heterocycles. The maximum absolute atomic E-state index is 11.2. The van der Waals surface area contributed by atoms with E-state index in [2.05, 4.69) is 39.9 Å². The lowest BCUT2D eigenvalue weighted by molar-refractivity contribution is 0.333. The topological polar surface area (TPSA) is 66.4 Å². The Bertz CT molecular complexity index is 834. The van der Waals surface area contributed by atoms with Crippen molar-refractivity contribution < 1.29 is 13.0 Å². The third-order valence-corrected chi connectivity index (χ3v) is 6.07. The zero-order valence-corrected chi connectivity index (χ0v) is 20.1. The molecular weight excluding hydrogens is 394 g/mol. The van der Waals surface area contributed by atoms with Gasteiger partial charge >= 0.3 is 0 Å². The Morgan fingerprint density at radius 3 is 1.93 bits per heavy atom. The number of nitrogens with one attached hydrogen (secondary N) is 1. The first-order valence-corrected chi connectivity index (χ1v) is 12.3. The molecule has 0 aliphatic heterocycles. The van der Waals surface area contributed by atoms with Crippen molar-refractivity contribution in [3.8, 4) is 0 Å². The summed E-state index contributed by atoms with van der Waals surface area (Å²) in [6.45, 7) is 11.2. The number of benzene rings is 2. The lowest BCUT2D eigenvalue weighted by Gasteiger charge is -2.22. The molecule has 2 N–H and O–H groups in total. The van der Waals surface area contributed by atoms with Crippen molar-refractivity contribution in [3.05, 3.63) is 60.2 Å². The van der Waals surface area contributed by atoms with Crippen LogP contribution in [-0.2, 0) is 10.1 Å². The SMILES string of the molecule is CC(C)CC(C)CC(C)CC(C)c1cccc(S(=O)(=O)O)c1.CNc1ccccc1. The Kier molecular flexibility index (Phi) is 11.1. The smallest absolute Gasteiger partial charge is 0.294 e. The monoisotopic (exact) mass is 433 g/mol. The minimum absolute atomic E-state index is 0.0160.